The van der Waals surface area contributed by atoms with Gasteiger partial charge in [-0.1, -0.05) is 55.3 Å². The fourth-order valence-electron chi connectivity index (χ4n) is 3.20. The molecule has 2 aromatic rings. The van der Waals surface area contributed by atoms with Gasteiger partial charge < -0.3 is 0 Å². The van der Waals surface area contributed by atoms with E-state index in [2.05, 4.69) is 27.7 Å². The predicted octanol–water partition coefficient (Wildman–Crippen LogP) is 4.28. The van der Waals surface area contributed by atoms with Crippen molar-refractivity contribution >= 4 is 17.5 Å². The van der Waals surface area contributed by atoms with Gasteiger partial charge in [0, 0.05) is 5.56 Å². The molecule has 1 aromatic carbocycles. The lowest BCUT2D eigenvalue weighted by atomic mass is 9.84. The Hall–Kier alpha value is -1.69. The summed E-state index contributed by atoms with van der Waals surface area (Å²) in [4.78, 5) is 12.4. The smallest absolute Gasteiger partial charge is 0.209 e. The lowest BCUT2D eigenvalue weighted by molar-refractivity contribution is 0.102. The van der Waals surface area contributed by atoms with Gasteiger partial charge in [-0.3, -0.25) is 4.79 Å². The van der Waals surface area contributed by atoms with Gasteiger partial charge >= 0.3 is 0 Å². The maximum Gasteiger partial charge on any atom is 0.209 e. The summed E-state index contributed by atoms with van der Waals surface area (Å²) in [5.41, 5.74) is 2.15. The van der Waals surface area contributed by atoms with Crippen LogP contribution < -0.4 is 0 Å². The lowest BCUT2D eigenvalue weighted by Crippen LogP contribution is -2.08. The zero-order valence-electron chi connectivity index (χ0n) is 14.3. The molecular formula is C18H24N4OS. The van der Waals surface area contributed by atoms with Gasteiger partial charge in [-0.25, -0.2) is 4.68 Å². The van der Waals surface area contributed by atoms with Crippen LogP contribution in [0.1, 0.15) is 73.8 Å². The van der Waals surface area contributed by atoms with Gasteiger partial charge in [0.25, 0.3) is 0 Å². The van der Waals surface area contributed by atoms with Gasteiger partial charge in [0.15, 0.2) is 5.78 Å². The molecule has 1 aliphatic carbocycles. The number of carbonyl (C=O) groups is 1. The quantitative estimate of drug-likeness (QED) is 0.578. The Morgan fingerprint density at radius 3 is 2.58 bits per heavy atom. The first kappa shape index (κ1) is 17.1. The van der Waals surface area contributed by atoms with Crippen molar-refractivity contribution in [1.82, 2.24) is 20.2 Å². The Morgan fingerprint density at radius 2 is 1.92 bits per heavy atom. The first-order valence-corrected chi connectivity index (χ1v) is 9.67. The molecule has 0 saturated heterocycles. The van der Waals surface area contributed by atoms with E-state index in [1.165, 1.54) is 49.4 Å². The average molecular weight is 344 g/mol. The van der Waals surface area contributed by atoms with E-state index >= 15 is 0 Å². The van der Waals surface area contributed by atoms with Gasteiger partial charge in [-0.2, -0.15) is 0 Å². The molecular weight excluding hydrogens is 320 g/mol. The third kappa shape index (κ3) is 4.04. The Bertz CT molecular complexity index is 675. The molecule has 5 nitrogen and oxygen atoms in total. The average Bonchev–Trinajstić information content (AvgIpc) is 3.09. The van der Waals surface area contributed by atoms with E-state index < -0.39 is 0 Å². The monoisotopic (exact) mass is 344 g/mol. The highest BCUT2D eigenvalue weighted by atomic mass is 32.2. The van der Waals surface area contributed by atoms with Crippen LogP contribution in [0.15, 0.2) is 29.4 Å². The molecule has 1 fully saturated rings. The topological polar surface area (TPSA) is 60.7 Å². The van der Waals surface area contributed by atoms with Gasteiger partial charge in [0.1, 0.15) is 0 Å². The molecule has 1 heterocycles. The molecule has 1 aliphatic rings. The molecule has 0 aliphatic heterocycles. The largest absolute Gasteiger partial charge is 0.293 e. The van der Waals surface area contributed by atoms with Crippen molar-refractivity contribution in [2.24, 2.45) is 0 Å². The Labute approximate surface area is 147 Å². The van der Waals surface area contributed by atoms with Crippen LogP contribution in [0, 0.1) is 0 Å². The fraction of sp³-hybridized carbons (Fsp3) is 0.556. The van der Waals surface area contributed by atoms with Crippen LogP contribution in [0.25, 0.3) is 0 Å². The summed E-state index contributed by atoms with van der Waals surface area (Å²) in [5, 5.41) is 12.3. The molecule has 0 atom stereocenters. The van der Waals surface area contributed by atoms with Crippen LogP contribution >= 0.6 is 11.8 Å². The molecule has 128 valence electrons. The van der Waals surface area contributed by atoms with Crippen molar-refractivity contribution < 1.29 is 4.79 Å². The number of carbonyl (C=O) groups excluding carboxylic acids is 1. The second-order valence-electron chi connectivity index (χ2n) is 6.67. The fourth-order valence-corrected chi connectivity index (χ4v) is 4.10. The second-order valence-corrected chi connectivity index (χ2v) is 7.61. The standard InChI is InChI=1S/C18H24N4OS/c1-13(2)22-18(19-20-21-22)24-12-17(23)16-10-8-15(9-11-16)14-6-4-3-5-7-14/h8-11,13-14H,3-7,12H2,1-2H3. The predicted molar refractivity (Wildman–Crippen MR) is 95.5 cm³/mol. The third-order valence-corrected chi connectivity index (χ3v) is 5.53. The highest BCUT2D eigenvalue weighted by Crippen LogP contribution is 2.32. The van der Waals surface area contributed by atoms with E-state index in [0.29, 0.717) is 16.8 Å². The molecule has 1 aromatic heterocycles. The zero-order valence-corrected chi connectivity index (χ0v) is 15.1. The molecule has 1 saturated carbocycles. The van der Waals surface area contributed by atoms with Crippen molar-refractivity contribution in [2.45, 2.75) is 63.1 Å². The number of hydrogen-bond acceptors (Lipinski definition) is 5. The van der Waals surface area contributed by atoms with E-state index in [9.17, 15) is 4.79 Å². The van der Waals surface area contributed by atoms with Crippen molar-refractivity contribution in [2.75, 3.05) is 5.75 Å². The van der Waals surface area contributed by atoms with Crippen LogP contribution in [0.3, 0.4) is 0 Å². The second kappa shape index (κ2) is 7.92. The molecule has 3 rings (SSSR count). The molecule has 0 N–H and O–H groups in total. The number of Topliss-reactive ketones (excluding diaryl/α,β-unsaturated/α-hetero) is 1. The normalized spacial score (nSPS) is 15.8. The van der Waals surface area contributed by atoms with Crippen LogP contribution in [-0.2, 0) is 0 Å². The number of hydrogen-bond donors (Lipinski definition) is 0. The number of benzene rings is 1. The van der Waals surface area contributed by atoms with Crippen molar-refractivity contribution in [3.63, 3.8) is 0 Å². The van der Waals surface area contributed by atoms with Crippen LogP contribution in [0.4, 0.5) is 0 Å². The molecule has 6 heteroatoms. The molecule has 24 heavy (non-hydrogen) atoms. The van der Waals surface area contributed by atoms with Crippen molar-refractivity contribution in [1.29, 1.82) is 0 Å². The van der Waals surface area contributed by atoms with Gasteiger partial charge in [0.05, 0.1) is 11.8 Å². The number of ketones is 1. The zero-order chi connectivity index (χ0) is 16.9. The summed E-state index contributed by atoms with van der Waals surface area (Å²) in [6.07, 6.45) is 6.57. The Balaban J connectivity index is 1.59. The molecule has 0 bridgehead atoms. The summed E-state index contributed by atoms with van der Waals surface area (Å²) < 4.78 is 1.74. The van der Waals surface area contributed by atoms with E-state index in [-0.39, 0.29) is 11.8 Å². The summed E-state index contributed by atoms with van der Waals surface area (Å²) in [7, 11) is 0. The summed E-state index contributed by atoms with van der Waals surface area (Å²) >= 11 is 1.39. The van der Waals surface area contributed by atoms with E-state index in [0.717, 1.165) is 5.56 Å². The maximum atomic E-state index is 12.4. The van der Waals surface area contributed by atoms with Crippen molar-refractivity contribution in [3.05, 3.63) is 35.4 Å². The number of tetrazole rings is 1. The van der Waals surface area contributed by atoms with Crippen molar-refractivity contribution in [3.8, 4) is 0 Å². The highest BCUT2D eigenvalue weighted by Gasteiger charge is 2.17. The summed E-state index contributed by atoms with van der Waals surface area (Å²) in [5.74, 6) is 1.15. The maximum absolute atomic E-state index is 12.4. The van der Waals surface area contributed by atoms with Gasteiger partial charge in [-0.05, 0) is 48.6 Å². The Morgan fingerprint density at radius 1 is 1.21 bits per heavy atom. The van der Waals surface area contributed by atoms with E-state index in [4.69, 9.17) is 0 Å². The molecule has 0 spiro atoms. The molecule has 0 radical (unpaired) electrons. The number of aromatic nitrogens is 4. The Kier molecular flexibility index (Phi) is 5.66. The lowest BCUT2D eigenvalue weighted by Gasteiger charge is -2.22. The molecule has 0 amide bonds. The van der Waals surface area contributed by atoms with Crippen LogP contribution in [0.5, 0.6) is 0 Å². The first-order chi connectivity index (χ1) is 11.6. The molecule has 0 unspecified atom stereocenters. The minimum absolute atomic E-state index is 0.119. The minimum atomic E-state index is 0.119. The third-order valence-electron chi connectivity index (χ3n) is 4.59. The van der Waals surface area contributed by atoms with E-state index in [1.54, 1.807) is 4.68 Å². The number of nitrogens with zero attached hydrogens (tertiary/aromatic N) is 4. The number of thioether (sulfide) groups is 1. The minimum Gasteiger partial charge on any atom is -0.293 e. The van der Waals surface area contributed by atoms with Crippen LogP contribution in [0.2, 0.25) is 0 Å². The summed E-state index contributed by atoms with van der Waals surface area (Å²) in [6, 6.07) is 8.39. The van der Waals surface area contributed by atoms with Gasteiger partial charge in [-0.15, -0.1) is 5.10 Å². The number of rotatable bonds is 6. The van der Waals surface area contributed by atoms with Crippen LogP contribution in [-0.4, -0.2) is 31.7 Å². The first-order valence-electron chi connectivity index (χ1n) is 8.69. The van der Waals surface area contributed by atoms with Gasteiger partial charge in [0.2, 0.25) is 5.16 Å². The van der Waals surface area contributed by atoms with E-state index in [1.807, 2.05) is 26.0 Å². The highest BCUT2D eigenvalue weighted by molar-refractivity contribution is 7.99. The SMILES string of the molecule is CC(C)n1nnnc1SCC(=O)c1ccc(C2CCCCC2)cc1. The summed E-state index contributed by atoms with van der Waals surface area (Å²) in [6.45, 7) is 4.04.